The van der Waals surface area contributed by atoms with E-state index in [0.29, 0.717) is 24.4 Å². The Labute approximate surface area is 178 Å². The van der Waals surface area contributed by atoms with E-state index in [1.165, 1.54) is 16.4 Å². The summed E-state index contributed by atoms with van der Waals surface area (Å²) in [5.74, 6) is -0.235. The molecule has 0 aliphatic carbocycles. The molecule has 1 fully saturated rings. The van der Waals surface area contributed by atoms with Gasteiger partial charge in [0.2, 0.25) is 15.9 Å². The predicted octanol–water partition coefficient (Wildman–Crippen LogP) is 4.81. The van der Waals surface area contributed by atoms with Gasteiger partial charge in [0, 0.05) is 23.8 Å². The van der Waals surface area contributed by atoms with E-state index in [0.717, 1.165) is 16.8 Å². The SMILES string of the molecule is Cc1cccc(C(C)C)c1NC(=O)[C@H]1CCCN(S(=O)(=O)c2ccc(Cl)cc2)C1. The average molecular weight is 435 g/mol. The fourth-order valence-corrected chi connectivity index (χ4v) is 5.35. The fraction of sp³-hybridized carbons (Fsp3) is 0.409. The van der Waals surface area contributed by atoms with Crippen molar-refractivity contribution < 1.29 is 13.2 Å². The standard InChI is InChI=1S/C22H27ClN2O3S/c1-15(2)20-8-4-6-16(3)21(20)24-22(26)17-7-5-13-25(14-17)29(27,28)19-11-9-18(23)10-12-19/h4,6,8-12,15,17H,5,7,13-14H2,1-3H3,(H,24,26)/t17-/m0/s1. The summed E-state index contributed by atoms with van der Waals surface area (Å²) >= 11 is 5.88. The highest BCUT2D eigenvalue weighted by molar-refractivity contribution is 7.89. The Morgan fingerprint density at radius 2 is 1.86 bits per heavy atom. The maximum Gasteiger partial charge on any atom is 0.243 e. The van der Waals surface area contributed by atoms with Gasteiger partial charge in [0.05, 0.1) is 10.8 Å². The molecule has 29 heavy (non-hydrogen) atoms. The number of nitrogens with one attached hydrogen (secondary N) is 1. The zero-order valence-corrected chi connectivity index (χ0v) is 18.6. The molecule has 1 saturated heterocycles. The van der Waals surface area contributed by atoms with E-state index in [1.54, 1.807) is 12.1 Å². The second-order valence-corrected chi connectivity index (χ2v) is 10.2. The number of amides is 1. The smallest absolute Gasteiger partial charge is 0.243 e. The molecule has 0 aromatic heterocycles. The molecule has 0 radical (unpaired) electrons. The van der Waals surface area contributed by atoms with Crippen molar-refractivity contribution in [2.24, 2.45) is 5.92 Å². The maximum atomic E-state index is 13.0. The van der Waals surface area contributed by atoms with Gasteiger partial charge in [0.15, 0.2) is 0 Å². The van der Waals surface area contributed by atoms with Gasteiger partial charge in [-0.2, -0.15) is 4.31 Å². The van der Waals surface area contributed by atoms with Crippen LogP contribution in [0.1, 0.15) is 43.7 Å². The van der Waals surface area contributed by atoms with E-state index in [4.69, 9.17) is 11.6 Å². The molecule has 1 atom stereocenters. The van der Waals surface area contributed by atoms with E-state index in [9.17, 15) is 13.2 Å². The Balaban J connectivity index is 1.78. The number of rotatable bonds is 5. The minimum absolute atomic E-state index is 0.128. The molecule has 1 N–H and O–H groups in total. The van der Waals surface area contributed by atoms with Gasteiger partial charge in [0.25, 0.3) is 0 Å². The van der Waals surface area contributed by atoms with Crippen LogP contribution in [-0.4, -0.2) is 31.7 Å². The van der Waals surface area contributed by atoms with Gasteiger partial charge >= 0.3 is 0 Å². The highest BCUT2D eigenvalue weighted by Gasteiger charge is 2.33. The second kappa shape index (κ2) is 8.86. The summed E-state index contributed by atoms with van der Waals surface area (Å²) < 4.78 is 27.4. The van der Waals surface area contributed by atoms with Crippen LogP contribution in [0.5, 0.6) is 0 Å². The van der Waals surface area contributed by atoms with Crippen molar-refractivity contribution in [3.63, 3.8) is 0 Å². The van der Waals surface area contributed by atoms with Crippen molar-refractivity contribution in [2.75, 3.05) is 18.4 Å². The summed E-state index contributed by atoms with van der Waals surface area (Å²) in [6.45, 7) is 6.74. The number of benzene rings is 2. The molecule has 2 aromatic carbocycles. The van der Waals surface area contributed by atoms with Gasteiger partial charge in [-0.25, -0.2) is 8.42 Å². The Bertz CT molecular complexity index is 988. The van der Waals surface area contributed by atoms with Crippen molar-refractivity contribution in [3.05, 3.63) is 58.6 Å². The summed E-state index contributed by atoms with van der Waals surface area (Å²) in [6, 6.07) is 12.1. The normalized spacial score (nSPS) is 18.0. The molecule has 1 heterocycles. The van der Waals surface area contributed by atoms with Gasteiger partial charge in [-0.3, -0.25) is 4.79 Å². The predicted molar refractivity (Wildman–Crippen MR) is 117 cm³/mol. The van der Waals surface area contributed by atoms with Gasteiger partial charge in [-0.1, -0.05) is 43.6 Å². The minimum atomic E-state index is -3.65. The first kappa shape index (κ1) is 21.8. The van der Waals surface area contributed by atoms with Crippen molar-refractivity contribution in [1.29, 1.82) is 0 Å². The number of carbonyl (C=O) groups excluding carboxylic acids is 1. The molecule has 0 bridgehead atoms. The Morgan fingerprint density at radius 3 is 2.52 bits per heavy atom. The number of hydrogen-bond donors (Lipinski definition) is 1. The molecule has 3 rings (SSSR count). The third-order valence-corrected chi connectivity index (χ3v) is 7.51. The van der Waals surface area contributed by atoms with Crippen molar-refractivity contribution in [3.8, 4) is 0 Å². The molecule has 0 unspecified atom stereocenters. The summed E-state index contributed by atoms with van der Waals surface area (Å²) in [7, 11) is -3.65. The highest BCUT2D eigenvalue weighted by Crippen LogP contribution is 2.30. The number of hydrogen-bond acceptors (Lipinski definition) is 3. The zero-order chi connectivity index (χ0) is 21.2. The molecule has 5 nitrogen and oxygen atoms in total. The second-order valence-electron chi connectivity index (χ2n) is 7.84. The van der Waals surface area contributed by atoms with Crippen LogP contribution in [0.4, 0.5) is 5.69 Å². The molecule has 1 aliphatic heterocycles. The van der Waals surface area contributed by atoms with E-state index >= 15 is 0 Å². The molecule has 0 saturated carbocycles. The van der Waals surface area contributed by atoms with Crippen LogP contribution in [0.15, 0.2) is 47.4 Å². The fourth-order valence-electron chi connectivity index (χ4n) is 3.70. The summed E-state index contributed by atoms with van der Waals surface area (Å²) in [5, 5.41) is 3.56. The van der Waals surface area contributed by atoms with Crippen molar-refractivity contribution in [1.82, 2.24) is 4.31 Å². The van der Waals surface area contributed by atoms with Crippen molar-refractivity contribution in [2.45, 2.75) is 44.4 Å². The zero-order valence-electron chi connectivity index (χ0n) is 17.0. The lowest BCUT2D eigenvalue weighted by atomic mass is 9.95. The Kier molecular flexibility index (Phi) is 6.66. The molecular weight excluding hydrogens is 408 g/mol. The van der Waals surface area contributed by atoms with Gasteiger partial charge in [-0.15, -0.1) is 0 Å². The first-order valence-electron chi connectivity index (χ1n) is 9.86. The number of piperidine rings is 1. The average Bonchev–Trinajstić information content (AvgIpc) is 2.69. The lowest BCUT2D eigenvalue weighted by molar-refractivity contribution is -0.120. The van der Waals surface area contributed by atoms with Crippen LogP contribution in [0.3, 0.4) is 0 Å². The van der Waals surface area contributed by atoms with Crippen LogP contribution >= 0.6 is 11.6 Å². The molecule has 7 heteroatoms. The highest BCUT2D eigenvalue weighted by atomic mass is 35.5. The number of aryl methyl sites for hydroxylation is 1. The topological polar surface area (TPSA) is 66.5 Å². The quantitative estimate of drug-likeness (QED) is 0.734. The first-order valence-corrected chi connectivity index (χ1v) is 11.7. The lowest BCUT2D eigenvalue weighted by Gasteiger charge is -2.31. The van der Waals surface area contributed by atoms with Crippen molar-refractivity contribution >= 4 is 33.2 Å². The number of sulfonamides is 1. The summed E-state index contributed by atoms with van der Waals surface area (Å²) in [4.78, 5) is 13.2. The molecule has 0 spiro atoms. The van der Waals surface area contributed by atoms with Crippen LogP contribution in [0.25, 0.3) is 0 Å². The van der Waals surface area contributed by atoms with Crippen LogP contribution in [0, 0.1) is 12.8 Å². The number of anilines is 1. The van der Waals surface area contributed by atoms with Gasteiger partial charge < -0.3 is 5.32 Å². The van der Waals surface area contributed by atoms with Gasteiger partial charge in [-0.05, 0) is 61.1 Å². The van der Waals surface area contributed by atoms with E-state index in [2.05, 4.69) is 19.2 Å². The number of carbonyl (C=O) groups is 1. The van der Waals surface area contributed by atoms with E-state index in [1.807, 2.05) is 25.1 Å². The lowest BCUT2D eigenvalue weighted by Crippen LogP contribution is -2.43. The van der Waals surface area contributed by atoms with E-state index in [-0.39, 0.29) is 29.2 Å². The maximum absolute atomic E-state index is 13.0. The Hall–Kier alpha value is -1.89. The third-order valence-electron chi connectivity index (χ3n) is 5.38. The molecule has 2 aromatic rings. The van der Waals surface area contributed by atoms with Gasteiger partial charge in [0.1, 0.15) is 0 Å². The number of halogens is 1. The number of para-hydroxylation sites is 1. The monoisotopic (exact) mass is 434 g/mol. The van der Waals surface area contributed by atoms with E-state index < -0.39 is 10.0 Å². The number of nitrogens with zero attached hydrogens (tertiary/aromatic N) is 1. The molecule has 1 amide bonds. The minimum Gasteiger partial charge on any atom is -0.325 e. The molecule has 156 valence electrons. The van der Waals surface area contributed by atoms with Crippen LogP contribution < -0.4 is 5.32 Å². The summed E-state index contributed by atoms with van der Waals surface area (Å²) in [5.41, 5.74) is 2.93. The summed E-state index contributed by atoms with van der Waals surface area (Å²) in [6.07, 6.45) is 1.32. The Morgan fingerprint density at radius 1 is 1.17 bits per heavy atom. The van der Waals surface area contributed by atoms with Crippen LogP contribution in [-0.2, 0) is 14.8 Å². The largest absolute Gasteiger partial charge is 0.325 e. The first-order chi connectivity index (χ1) is 13.7. The molecular formula is C22H27ClN2O3S. The third kappa shape index (κ3) is 4.82. The van der Waals surface area contributed by atoms with Crippen LogP contribution in [0.2, 0.25) is 5.02 Å². The molecule has 1 aliphatic rings.